The Kier molecular flexibility index (Phi) is 3.34. The van der Waals surface area contributed by atoms with Crippen LogP contribution in [0.1, 0.15) is 32.3 Å². The zero-order chi connectivity index (χ0) is 15.4. The topological polar surface area (TPSA) is 43.7 Å². The van der Waals surface area contributed by atoms with Crippen LogP contribution in [0.4, 0.5) is 0 Å². The van der Waals surface area contributed by atoms with Gasteiger partial charge in [0.2, 0.25) is 0 Å². The molecule has 3 nitrogen and oxygen atoms in total. The highest BCUT2D eigenvalue weighted by atomic mass is 16.3. The third-order valence-corrected chi connectivity index (χ3v) is 5.65. The van der Waals surface area contributed by atoms with Crippen molar-refractivity contribution in [1.82, 2.24) is 4.90 Å². The first-order valence-electron chi connectivity index (χ1n) is 7.92. The van der Waals surface area contributed by atoms with Crippen LogP contribution in [0.15, 0.2) is 24.3 Å². The van der Waals surface area contributed by atoms with Gasteiger partial charge in [0.15, 0.2) is 0 Å². The number of phenols is 1. The highest BCUT2D eigenvalue weighted by Crippen LogP contribution is 2.67. The molecule has 1 aromatic carbocycles. The Balaban J connectivity index is 2.01. The Labute approximate surface area is 127 Å². The second-order valence-corrected chi connectivity index (χ2v) is 7.98. The summed E-state index contributed by atoms with van der Waals surface area (Å²) in [6.45, 7) is 5.55. The lowest BCUT2D eigenvalue weighted by molar-refractivity contribution is -0.101. The molecule has 3 heteroatoms. The quantitative estimate of drug-likeness (QED) is 0.899. The minimum Gasteiger partial charge on any atom is -0.508 e. The molecule has 0 spiro atoms. The van der Waals surface area contributed by atoms with Gasteiger partial charge in [-0.15, -0.1) is 0 Å². The van der Waals surface area contributed by atoms with Crippen LogP contribution in [-0.2, 0) is 5.60 Å². The molecule has 3 rings (SSSR count). The SMILES string of the molecule is CN(C)CC1CC(C)(C)C2CC2C1(O)c1cccc(O)c1. The van der Waals surface area contributed by atoms with E-state index in [0.717, 1.165) is 24.9 Å². The lowest BCUT2D eigenvalue weighted by Gasteiger charge is -2.47. The minimum absolute atomic E-state index is 0.202. The van der Waals surface area contributed by atoms with E-state index in [2.05, 4.69) is 32.8 Å². The molecule has 0 radical (unpaired) electrons. The van der Waals surface area contributed by atoms with Crippen molar-refractivity contribution in [2.45, 2.75) is 32.3 Å². The zero-order valence-corrected chi connectivity index (χ0v) is 13.5. The van der Waals surface area contributed by atoms with Gasteiger partial charge in [0, 0.05) is 12.5 Å². The average Bonchev–Trinajstić information content (AvgIpc) is 3.16. The minimum atomic E-state index is -0.802. The molecule has 4 unspecified atom stereocenters. The highest BCUT2D eigenvalue weighted by Gasteiger charge is 2.65. The Hall–Kier alpha value is -1.06. The third-order valence-electron chi connectivity index (χ3n) is 5.65. The molecular formula is C18H27NO2. The van der Waals surface area contributed by atoms with E-state index < -0.39 is 5.60 Å². The van der Waals surface area contributed by atoms with Gasteiger partial charge >= 0.3 is 0 Å². The van der Waals surface area contributed by atoms with E-state index in [1.807, 2.05) is 12.1 Å². The van der Waals surface area contributed by atoms with Crippen molar-refractivity contribution in [3.05, 3.63) is 29.8 Å². The second kappa shape index (κ2) is 4.72. The molecule has 2 fully saturated rings. The van der Waals surface area contributed by atoms with Crippen molar-refractivity contribution in [3.63, 3.8) is 0 Å². The molecule has 2 N–H and O–H groups in total. The number of fused-ring (bicyclic) bond motifs is 1. The van der Waals surface area contributed by atoms with Gasteiger partial charge in [-0.25, -0.2) is 0 Å². The molecule has 116 valence electrons. The van der Waals surface area contributed by atoms with Crippen LogP contribution in [0.2, 0.25) is 0 Å². The molecule has 1 aromatic rings. The van der Waals surface area contributed by atoms with E-state index in [0.29, 0.717) is 17.3 Å². The summed E-state index contributed by atoms with van der Waals surface area (Å²) >= 11 is 0. The number of rotatable bonds is 3. The second-order valence-electron chi connectivity index (χ2n) is 7.98. The molecule has 0 amide bonds. The van der Waals surface area contributed by atoms with Crippen LogP contribution >= 0.6 is 0 Å². The first kappa shape index (κ1) is 14.9. The first-order valence-corrected chi connectivity index (χ1v) is 7.92. The predicted octanol–water partition coefficient (Wildman–Crippen LogP) is 2.82. The fourth-order valence-corrected chi connectivity index (χ4v) is 4.64. The lowest BCUT2D eigenvalue weighted by atomic mass is 9.62. The van der Waals surface area contributed by atoms with E-state index >= 15 is 0 Å². The molecule has 21 heavy (non-hydrogen) atoms. The summed E-state index contributed by atoms with van der Waals surface area (Å²) in [5, 5.41) is 21.4. The maximum atomic E-state index is 11.6. The fraction of sp³-hybridized carbons (Fsp3) is 0.667. The van der Waals surface area contributed by atoms with Crippen LogP contribution in [0.25, 0.3) is 0 Å². The molecule has 0 saturated heterocycles. The number of aliphatic hydroxyl groups is 1. The van der Waals surface area contributed by atoms with Crippen LogP contribution in [0.5, 0.6) is 5.75 Å². The van der Waals surface area contributed by atoms with Gasteiger partial charge in [-0.1, -0.05) is 26.0 Å². The smallest absolute Gasteiger partial charge is 0.115 e. The Morgan fingerprint density at radius 2 is 1.95 bits per heavy atom. The predicted molar refractivity (Wildman–Crippen MR) is 84.0 cm³/mol. The Bertz CT molecular complexity index is 540. The molecule has 0 aromatic heterocycles. The van der Waals surface area contributed by atoms with Gasteiger partial charge in [-0.2, -0.15) is 0 Å². The maximum Gasteiger partial charge on any atom is 0.115 e. The number of benzene rings is 1. The summed E-state index contributed by atoms with van der Waals surface area (Å²) in [5.41, 5.74) is 0.384. The molecule has 4 atom stereocenters. The van der Waals surface area contributed by atoms with Crippen LogP contribution in [0, 0.1) is 23.2 Å². The molecule has 0 heterocycles. The molecule has 2 saturated carbocycles. The van der Waals surface area contributed by atoms with Crippen LogP contribution in [-0.4, -0.2) is 35.8 Å². The van der Waals surface area contributed by atoms with Crippen LogP contribution < -0.4 is 0 Å². The Morgan fingerprint density at radius 1 is 1.24 bits per heavy atom. The van der Waals surface area contributed by atoms with E-state index in [9.17, 15) is 10.2 Å². The molecular weight excluding hydrogens is 262 g/mol. The van der Waals surface area contributed by atoms with Gasteiger partial charge < -0.3 is 15.1 Å². The molecule has 0 bridgehead atoms. The summed E-state index contributed by atoms with van der Waals surface area (Å²) in [6, 6.07) is 7.23. The normalized spacial score (nSPS) is 37.3. The lowest BCUT2D eigenvalue weighted by Crippen LogP contribution is -2.49. The van der Waals surface area contributed by atoms with Gasteiger partial charge in [0.25, 0.3) is 0 Å². The van der Waals surface area contributed by atoms with Crippen molar-refractivity contribution < 1.29 is 10.2 Å². The van der Waals surface area contributed by atoms with Gasteiger partial charge in [0.05, 0.1) is 5.60 Å². The van der Waals surface area contributed by atoms with Crippen molar-refractivity contribution in [3.8, 4) is 5.75 Å². The first-order chi connectivity index (χ1) is 9.75. The Morgan fingerprint density at radius 3 is 2.57 bits per heavy atom. The van der Waals surface area contributed by atoms with E-state index in [4.69, 9.17) is 0 Å². The van der Waals surface area contributed by atoms with Gasteiger partial charge in [0.1, 0.15) is 5.75 Å². The number of phenolic OH excluding ortho intramolecular Hbond substituents is 1. The zero-order valence-electron chi connectivity index (χ0n) is 13.5. The summed E-state index contributed by atoms with van der Waals surface area (Å²) < 4.78 is 0. The number of aromatic hydroxyl groups is 1. The van der Waals surface area contributed by atoms with Gasteiger partial charge in [-0.3, -0.25) is 0 Å². The van der Waals surface area contributed by atoms with Crippen molar-refractivity contribution in [2.24, 2.45) is 23.2 Å². The monoisotopic (exact) mass is 289 g/mol. The molecule has 2 aliphatic carbocycles. The third kappa shape index (κ3) is 2.36. The van der Waals surface area contributed by atoms with E-state index in [-0.39, 0.29) is 11.7 Å². The number of hydrogen-bond donors (Lipinski definition) is 2. The average molecular weight is 289 g/mol. The summed E-state index contributed by atoms with van der Waals surface area (Å²) in [5.74, 6) is 1.37. The number of nitrogens with zero attached hydrogens (tertiary/aromatic N) is 1. The molecule has 2 aliphatic rings. The molecule has 0 aliphatic heterocycles. The van der Waals surface area contributed by atoms with Gasteiger partial charge in [-0.05, 0) is 61.9 Å². The number of hydrogen-bond acceptors (Lipinski definition) is 3. The summed E-state index contributed by atoms with van der Waals surface area (Å²) in [7, 11) is 4.13. The van der Waals surface area contributed by atoms with Crippen LogP contribution in [0.3, 0.4) is 0 Å². The van der Waals surface area contributed by atoms with Crippen molar-refractivity contribution in [2.75, 3.05) is 20.6 Å². The summed E-state index contributed by atoms with van der Waals surface area (Å²) in [6.07, 6.45) is 2.13. The van der Waals surface area contributed by atoms with Crippen molar-refractivity contribution in [1.29, 1.82) is 0 Å². The summed E-state index contributed by atoms with van der Waals surface area (Å²) in [4.78, 5) is 2.16. The fourth-order valence-electron chi connectivity index (χ4n) is 4.64. The maximum absolute atomic E-state index is 11.6. The standard InChI is InChI=1S/C18H27NO2/c1-17(2)10-13(11-19(3)4)18(21,16-9-15(16)17)12-6-5-7-14(20)8-12/h5-8,13,15-16,20-21H,9-11H2,1-4H3. The van der Waals surface area contributed by atoms with Crippen molar-refractivity contribution >= 4 is 0 Å². The van der Waals surface area contributed by atoms with E-state index in [1.165, 1.54) is 0 Å². The van der Waals surface area contributed by atoms with E-state index in [1.54, 1.807) is 12.1 Å². The largest absolute Gasteiger partial charge is 0.508 e. The highest BCUT2D eigenvalue weighted by molar-refractivity contribution is 5.35.